The molecule has 0 aliphatic rings. The van der Waals surface area contributed by atoms with Crippen LogP contribution >= 0.6 is 27.3 Å². The minimum Gasteiger partial charge on any atom is -0.496 e. The maximum atomic E-state index is 6.18. The van der Waals surface area contributed by atoms with Gasteiger partial charge in [0.2, 0.25) is 0 Å². The van der Waals surface area contributed by atoms with Crippen molar-refractivity contribution in [2.75, 3.05) is 7.11 Å². The van der Waals surface area contributed by atoms with E-state index in [1.807, 2.05) is 6.07 Å². The Hall–Kier alpha value is -0.840. The first kappa shape index (κ1) is 13.6. The Bertz CT molecular complexity index is 499. The van der Waals surface area contributed by atoms with Crippen molar-refractivity contribution in [1.82, 2.24) is 0 Å². The van der Waals surface area contributed by atoms with Gasteiger partial charge in [0, 0.05) is 10.9 Å². The number of methoxy groups -OCH3 is 1. The summed E-state index contributed by atoms with van der Waals surface area (Å²) >= 11 is 5.26. The third-order valence-corrected chi connectivity index (χ3v) is 4.28. The largest absolute Gasteiger partial charge is 0.496 e. The number of hydrogen-bond acceptors (Lipinski definition) is 3. The second-order valence-electron chi connectivity index (χ2n) is 4.22. The highest BCUT2D eigenvalue weighted by atomic mass is 79.9. The summed E-state index contributed by atoms with van der Waals surface area (Å²) in [5.74, 6) is 0.852. The quantitative estimate of drug-likeness (QED) is 0.911. The van der Waals surface area contributed by atoms with E-state index in [1.165, 1.54) is 10.4 Å². The van der Waals surface area contributed by atoms with Crippen LogP contribution < -0.4 is 10.5 Å². The van der Waals surface area contributed by atoms with Crippen LogP contribution in [0.4, 0.5) is 0 Å². The van der Waals surface area contributed by atoms with E-state index in [1.54, 1.807) is 18.4 Å². The van der Waals surface area contributed by atoms with E-state index in [0.29, 0.717) is 0 Å². The van der Waals surface area contributed by atoms with E-state index in [4.69, 9.17) is 10.5 Å². The Labute approximate surface area is 120 Å². The maximum absolute atomic E-state index is 6.18. The third kappa shape index (κ3) is 3.57. The minimum absolute atomic E-state index is 0.156. The van der Waals surface area contributed by atoms with Gasteiger partial charge in [-0.1, -0.05) is 12.1 Å². The average Bonchev–Trinajstić information content (AvgIpc) is 2.82. The molecule has 18 heavy (non-hydrogen) atoms. The highest BCUT2D eigenvalue weighted by Gasteiger charge is 2.08. The van der Waals surface area contributed by atoms with E-state index in [2.05, 4.69) is 45.6 Å². The predicted octanol–water partition coefficient (Wildman–Crippen LogP) is 3.63. The first-order valence-corrected chi connectivity index (χ1v) is 7.46. The van der Waals surface area contributed by atoms with Gasteiger partial charge in [-0.15, -0.1) is 11.3 Å². The lowest BCUT2D eigenvalue weighted by Gasteiger charge is -2.12. The number of ether oxygens (including phenoxy) is 1. The molecule has 4 heteroatoms. The van der Waals surface area contributed by atoms with Crippen LogP contribution in [-0.2, 0) is 12.8 Å². The lowest BCUT2D eigenvalue weighted by molar-refractivity contribution is 0.412. The van der Waals surface area contributed by atoms with Crippen LogP contribution in [0.3, 0.4) is 0 Å². The van der Waals surface area contributed by atoms with Crippen molar-refractivity contribution in [3.63, 3.8) is 0 Å². The van der Waals surface area contributed by atoms with E-state index in [9.17, 15) is 0 Å². The second kappa shape index (κ2) is 6.36. The summed E-state index contributed by atoms with van der Waals surface area (Å²) in [5.41, 5.74) is 7.41. The second-order valence-corrected chi connectivity index (χ2v) is 6.10. The molecule has 0 bridgehead atoms. The Kier molecular flexibility index (Phi) is 4.80. The molecular formula is C14H16BrNOS. The monoisotopic (exact) mass is 325 g/mol. The summed E-state index contributed by atoms with van der Waals surface area (Å²) in [5, 5.41) is 2.09. The van der Waals surface area contributed by atoms with Crippen LogP contribution in [0.5, 0.6) is 5.75 Å². The number of benzene rings is 1. The molecule has 0 radical (unpaired) electrons. The molecule has 0 saturated carbocycles. The molecule has 1 heterocycles. The van der Waals surface area contributed by atoms with Gasteiger partial charge in [-0.05, 0) is 57.9 Å². The van der Waals surface area contributed by atoms with Gasteiger partial charge in [0.05, 0.1) is 11.6 Å². The van der Waals surface area contributed by atoms with Crippen LogP contribution in [-0.4, -0.2) is 13.2 Å². The van der Waals surface area contributed by atoms with Gasteiger partial charge in [0.25, 0.3) is 0 Å². The zero-order chi connectivity index (χ0) is 13.0. The summed E-state index contributed by atoms with van der Waals surface area (Å²) in [4.78, 5) is 1.34. The molecule has 2 N–H and O–H groups in total. The molecule has 2 aromatic rings. The number of halogens is 1. The van der Waals surface area contributed by atoms with Crippen LogP contribution in [0.15, 0.2) is 40.2 Å². The van der Waals surface area contributed by atoms with Crippen LogP contribution in [0.1, 0.15) is 10.4 Å². The predicted molar refractivity (Wildman–Crippen MR) is 80.4 cm³/mol. The standard InChI is InChI=1S/C14H16BrNOS/c1-17-14-5-4-10(8-13(14)15)7-11(16)9-12-3-2-6-18-12/h2-6,8,11H,7,9,16H2,1H3. The molecule has 0 aliphatic heterocycles. The van der Waals surface area contributed by atoms with Gasteiger partial charge in [-0.25, -0.2) is 0 Å². The van der Waals surface area contributed by atoms with Crippen molar-refractivity contribution in [3.05, 3.63) is 50.6 Å². The summed E-state index contributed by atoms with van der Waals surface area (Å²) in [6.07, 6.45) is 1.81. The summed E-state index contributed by atoms with van der Waals surface area (Å²) in [6, 6.07) is 10.5. The fourth-order valence-electron chi connectivity index (χ4n) is 1.90. The highest BCUT2D eigenvalue weighted by Crippen LogP contribution is 2.26. The Balaban J connectivity index is 1.98. The first-order valence-electron chi connectivity index (χ1n) is 5.79. The van der Waals surface area contributed by atoms with Crippen molar-refractivity contribution >= 4 is 27.3 Å². The lowest BCUT2D eigenvalue weighted by atomic mass is 10.0. The molecule has 0 amide bonds. The van der Waals surface area contributed by atoms with Gasteiger partial charge in [0.15, 0.2) is 0 Å². The lowest BCUT2D eigenvalue weighted by Crippen LogP contribution is -2.25. The molecule has 96 valence electrons. The summed E-state index contributed by atoms with van der Waals surface area (Å²) in [6.45, 7) is 0. The fraction of sp³-hybridized carbons (Fsp3) is 0.286. The van der Waals surface area contributed by atoms with Gasteiger partial charge in [-0.2, -0.15) is 0 Å². The highest BCUT2D eigenvalue weighted by molar-refractivity contribution is 9.10. The van der Waals surface area contributed by atoms with E-state index in [0.717, 1.165) is 23.1 Å². The molecule has 0 saturated heterocycles. The van der Waals surface area contributed by atoms with Gasteiger partial charge < -0.3 is 10.5 Å². The van der Waals surface area contributed by atoms with Crippen molar-refractivity contribution in [2.24, 2.45) is 5.73 Å². The van der Waals surface area contributed by atoms with E-state index >= 15 is 0 Å². The zero-order valence-electron chi connectivity index (χ0n) is 10.2. The van der Waals surface area contributed by atoms with Gasteiger partial charge >= 0.3 is 0 Å². The molecule has 1 atom stereocenters. The molecule has 2 rings (SSSR count). The number of hydrogen-bond donors (Lipinski definition) is 1. The van der Waals surface area contributed by atoms with Gasteiger partial charge in [-0.3, -0.25) is 0 Å². The Morgan fingerprint density at radius 3 is 2.78 bits per heavy atom. The SMILES string of the molecule is COc1ccc(CC(N)Cc2cccs2)cc1Br. The molecule has 0 spiro atoms. The third-order valence-electron chi connectivity index (χ3n) is 2.76. The molecule has 0 aliphatic carbocycles. The van der Waals surface area contributed by atoms with Crippen LogP contribution in [0.2, 0.25) is 0 Å². The first-order chi connectivity index (χ1) is 8.69. The van der Waals surface area contributed by atoms with Crippen LogP contribution in [0, 0.1) is 0 Å². The molecule has 1 aromatic heterocycles. The van der Waals surface area contributed by atoms with Gasteiger partial charge in [0.1, 0.15) is 5.75 Å². The number of nitrogens with two attached hydrogens (primary N) is 1. The molecule has 1 unspecified atom stereocenters. The number of thiophene rings is 1. The Morgan fingerprint density at radius 2 is 2.17 bits per heavy atom. The average molecular weight is 326 g/mol. The van der Waals surface area contributed by atoms with Crippen molar-refractivity contribution in [3.8, 4) is 5.75 Å². The minimum atomic E-state index is 0.156. The van der Waals surface area contributed by atoms with Crippen molar-refractivity contribution in [1.29, 1.82) is 0 Å². The number of rotatable bonds is 5. The topological polar surface area (TPSA) is 35.2 Å². The molecule has 1 aromatic carbocycles. The Morgan fingerprint density at radius 1 is 1.33 bits per heavy atom. The molecule has 0 fully saturated rings. The van der Waals surface area contributed by atoms with E-state index < -0.39 is 0 Å². The maximum Gasteiger partial charge on any atom is 0.133 e. The van der Waals surface area contributed by atoms with Crippen molar-refractivity contribution < 1.29 is 4.74 Å². The molecular weight excluding hydrogens is 310 g/mol. The smallest absolute Gasteiger partial charge is 0.133 e. The summed E-state index contributed by atoms with van der Waals surface area (Å²) in [7, 11) is 1.67. The van der Waals surface area contributed by atoms with Crippen molar-refractivity contribution in [2.45, 2.75) is 18.9 Å². The molecule has 2 nitrogen and oxygen atoms in total. The van der Waals surface area contributed by atoms with E-state index in [-0.39, 0.29) is 6.04 Å². The normalized spacial score (nSPS) is 12.4. The fourth-order valence-corrected chi connectivity index (χ4v) is 3.29. The zero-order valence-corrected chi connectivity index (χ0v) is 12.6. The van der Waals surface area contributed by atoms with Crippen LogP contribution in [0.25, 0.3) is 0 Å². The summed E-state index contributed by atoms with van der Waals surface area (Å²) < 4.78 is 6.19.